The maximum Gasteiger partial charge on any atom is 0.156 e. The summed E-state index contributed by atoms with van der Waals surface area (Å²) in [6.07, 6.45) is 5.15. The summed E-state index contributed by atoms with van der Waals surface area (Å²) < 4.78 is 0. The lowest BCUT2D eigenvalue weighted by Crippen LogP contribution is -2.32. The molecule has 0 bridgehead atoms. The summed E-state index contributed by atoms with van der Waals surface area (Å²) in [5.74, 6) is 0.207. The zero-order valence-electron chi connectivity index (χ0n) is 10.8. The summed E-state index contributed by atoms with van der Waals surface area (Å²) in [7, 11) is 0. The fourth-order valence-corrected chi connectivity index (χ4v) is 2.94. The smallest absolute Gasteiger partial charge is 0.156 e. The minimum absolute atomic E-state index is 0.200. The molecule has 94 valence electrons. The second kappa shape index (κ2) is 4.85. The van der Waals surface area contributed by atoms with E-state index in [2.05, 4.69) is 24.3 Å². The molecule has 3 rings (SSSR count). The normalized spacial score (nSPS) is 17.4. The summed E-state index contributed by atoms with van der Waals surface area (Å²) in [5, 5.41) is 0. The van der Waals surface area contributed by atoms with E-state index in [1.54, 1.807) is 6.08 Å². The van der Waals surface area contributed by atoms with Crippen LogP contribution in [-0.4, -0.2) is 5.78 Å². The molecule has 19 heavy (non-hydrogen) atoms. The molecule has 0 atom stereocenters. The van der Waals surface area contributed by atoms with Crippen molar-refractivity contribution in [3.63, 3.8) is 0 Å². The van der Waals surface area contributed by atoms with E-state index in [9.17, 15) is 4.79 Å². The number of benzene rings is 2. The summed E-state index contributed by atoms with van der Waals surface area (Å²) in [4.78, 5) is 11.9. The highest BCUT2D eigenvalue weighted by atomic mass is 16.1. The zero-order valence-corrected chi connectivity index (χ0v) is 10.8. The molecule has 0 unspecified atom stereocenters. The first kappa shape index (κ1) is 11.9. The van der Waals surface area contributed by atoms with Crippen LogP contribution in [0, 0.1) is 0 Å². The Balaban J connectivity index is 2.17. The Morgan fingerprint density at radius 3 is 1.79 bits per heavy atom. The molecule has 0 amide bonds. The highest BCUT2D eigenvalue weighted by Crippen LogP contribution is 2.41. The molecular weight excluding hydrogens is 232 g/mol. The van der Waals surface area contributed by atoms with Gasteiger partial charge in [0.15, 0.2) is 5.78 Å². The highest BCUT2D eigenvalue weighted by molar-refractivity contribution is 5.92. The quantitative estimate of drug-likeness (QED) is 0.788. The van der Waals surface area contributed by atoms with Crippen LogP contribution in [0.2, 0.25) is 0 Å². The molecule has 1 heteroatoms. The Morgan fingerprint density at radius 2 is 1.32 bits per heavy atom. The molecule has 0 aliphatic heterocycles. The van der Waals surface area contributed by atoms with E-state index < -0.39 is 0 Å². The SMILES string of the molecule is O=C1C=CCC(c2ccccc2)(c2ccccc2)C1. The molecule has 0 radical (unpaired) electrons. The molecule has 1 aliphatic rings. The van der Waals surface area contributed by atoms with Crippen LogP contribution >= 0.6 is 0 Å². The van der Waals surface area contributed by atoms with Crippen LogP contribution < -0.4 is 0 Å². The molecule has 2 aromatic carbocycles. The minimum Gasteiger partial charge on any atom is -0.295 e. The molecule has 0 aromatic heterocycles. The molecule has 0 spiro atoms. The lowest BCUT2D eigenvalue weighted by molar-refractivity contribution is -0.115. The molecule has 0 heterocycles. The molecule has 2 aromatic rings. The summed E-state index contributed by atoms with van der Waals surface area (Å²) in [6, 6.07) is 20.7. The Hall–Kier alpha value is -2.15. The van der Waals surface area contributed by atoms with Crippen molar-refractivity contribution in [2.45, 2.75) is 18.3 Å². The van der Waals surface area contributed by atoms with Crippen LogP contribution in [0.3, 0.4) is 0 Å². The number of hydrogen-bond donors (Lipinski definition) is 0. The topological polar surface area (TPSA) is 17.1 Å². The van der Waals surface area contributed by atoms with Gasteiger partial charge in [-0.3, -0.25) is 4.79 Å². The molecule has 1 nitrogen and oxygen atoms in total. The first-order valence-corrected chi connectivity index (χ1v) is 6.62. The van der Waals surface area contributed by atoms with E-state index in [0.717, 1.165) is 6.42 Å². The van der Waals surface area contributed by atoms with Crippen molar-refractivity contribution in [1.82, 2.24) is 0 Å². The standard InChI is InChI=1S/C18H16O/c19-17-12-7-13-18(14-17,15-8-3-1-4-9-15)16-10-5-2-6-11-16/h1-12H,13-14H2. The van der Waals surface area contributed by atoms with Crippen LogP contribution in [-0.2, 0) is 10.2 Å². The van der Waals surface area contributed by atoms with Crippen LogP contribution in [0.4, 0.5) is 0 Å². The fraction of sp³-hybridized carbons (Fsp3) is 0.167. The monoisotopic (exact) mass is 248 g/mol. The van der Waals surface area contributed by atoms with E-state index in [4.69, 9.17) is 0 Å². The predicted molar refractivity (Wildman–Crippen MR) is 77.0 cm³/mol. The van der Waals surface area contributed by atoms with Crippen LogP contribution in [0.15, 0.2) is 72.8 Å². The van der Waals surface area contributed by atoms with Gasteiger partial charge in [-0.15, -0.1) is 0 Å². The van der Waals surface area contributed by atoms with Gasteiger partial charge in [0.2, 0.25) is 0 Å². The van der Waals surface area contributed by atoms with E-state index in [1.807, 2.05) is 42.5 Å². The lowest BCUT2D eigenvalue weighted by Gasteiger charge is -2.35. The number of rotatable bonds is 2. The Kier molecular flexibility index (Phi) is 3.04. The number of hydrogen-bond acceptors (Lipinski definition) is 1. The maximum atomic E-state index is 11.9. The van der Waals surface area contributed by atoms with Gasteiger partial charge in [0.1, 0.15) is 0 Å². The minimum atomic E-state index is -0.200. The predicted octanol–water partition coefficient (Wildman–Crippen LogP) is 3.89. The number of ketones is 1. The first-order chi connectivity index (χ1) is 9.31. The van der Waals surface area contributed by atoms with Gasteiger partial charge in [0, 0.05) is 11.8 Å². The molecule has 1 aliphatic carbocycles. The van der Waals surface area contributed by atoms with Gasteiger partial charge in [0.05, 0.1) is 0 Å². The van der Waals surface area contributed by atoms with Crippen molar-refractivity contribution in [2.75, 3.05) is 0 Å². The molecule has 0 saturated heterocycles. The second-order valence-corrected chi connectivity index (χ2v) is 5.06. The van der Waals surface area contributed by atoms with E-state index in [-0.39, 0.29) is 11.2 Å². The zero-order chi connectivity index (χ0) is 13.1. The van der Waals surface area contributed by atoms with Crippen LogP contribution in [0.5, 0.6) is 0 Å². The van der Waals surface area contributed by atoms with E-state index in [1.165, 1.54) is 11.1 Å². The van der Waals surface area contributed by atoms with Gasteiger partial charge >= 0.3 is 0 Å². The fourth-order valence-electron chi connectivity index (χ4n) is 2.94. The number of allylic oxidation sites excluding steroid dienone is 2. The molecular formula is C18H16O. The van der Waals surface area contributed by atoms with Gasteiger partial charge < -0.3 is 0 Å². The molecule has 0 fully saturated rings. The van der Waals surface area contributed by atoms with Crippen molar-refractivity contribution < 1.29 is 4.79 Å². The summed E-state index contributed by atoms with van der Waals surface area (Å²) in [6.45, 7) is 0. The summed E-state index contributed by atoms with van der Waals surface area (Å²) >= 11 is 0. The maximum absolute atomic E-state index is 11.9. The van der Waals surface area contributed by atoms with Crippen molar-refractivity contribution in [1.29, 1.82) is 0 Å². The Bertz CT molecular complexity index is 557. The highest BCUT2D eigenvalue weighted by Gasteiger charge is 2.36. The van der Waals surface area contributed by atoms with Gasteiger partial charge in [0.25, 0.3) is 0 Å². The number of carbonyl (C=O) groups excluding carboxylic acids is 1. The average molecular weight is 248 g/mol. The van der Waals surface area contributed by atoms with E-state index >= 15 is 0 Å². The Morgan fingerprint density at radius 1 is 0.789 bits per heavy atom. The van der Waals surface area contributed by atoms with Crippen molar-refractivity contribution in [3.05, 3.63) is 83.9 Å². The number of carbonyl (C=O) groups is 1. The van der Waals surface area contributed by atoms with Gasteiger partial charge in [-0.25, -0.2) is 0 Å². The summed E-state index contributed by atoms with van der Waals surface area (Å²) in [5.41, 5.74) is 2.24. The second-order valence-electron chi connectivity index (χ2n) is 5.06. The Labute approximate surface area is 113 Å². The van der Waals surface area contributed by atoms with E-state index in [0.29, 0.717) is 6.42 Å². The average Bonchev–Trinajstić information content (AvgIpc) is 2.49. The van der Waals surface area contributed by atoms with Gasteiger partial charge in [-0.05, 0) is 23.6 Å². The third-order valence-electron chi connectivity index (χ3n) is 3.90. The van der Waals surface area contributed by atoms with Crippen molar-refractivity contribution >= 4 is 5.78 Å². The largest absolute Gasteiger partial charge is 0.295 e. The third kappa shape index (κ3) is 2.12. The van der Waals surface area contributed by atoms with Crippen LogP contribution in [0.1, 0.15) is 24.0 Å². The lowest BCUT2D eigenvalue weighted by atomic mass is 9.67. The van der Waals surface area contributed by atoms with Crippen LogP contribution in [0.25, 0.3) is 0 Å². The first-order valence-electron chi connectivity index (χ1n) is 6.62. The third-order valence-corrected chi connectivity index (χ3v) is 3.90. The molecule has 0 saturated carbocycles. The van der Waals surface area contributed by atoms with Crippen molar-refractivity contribution in [2.24, 2.45) is 0 Å². The molecule has 0 N–H and O–H groups in total. The van der Waals surface area contributed by atoms with Crippen molar-refractivity contribution in [3.8, 4) is 0 Å². The van der Waals surface area contributed by atoms with Gasteiger partial charge in [-0.1, -0.05) is 66.7 Å². The van der Waals surface area contributed by atoms with Gasteiger partial charge in [-0.2, -0.15) is 0 Å².